The third-order valence-electron chi connectivity index (χ3n) is 4.22. The molecule has 1 heterocycles. The number of aliphatic hydroxyl groups excluding tert-OH is 1. The quantitative estimate of drug-likeness (QED) is 0.804. The Balaban J connectivity index is 2.39. The third kappa shape index (κ3) is 3.93. The molecule has 0 saturated carbocycles. The summed E-state index contributed by atoms with van der Waals surface area (Å²) in [6.07, 6.45) is 0.487. The van der Waals surface area contributed by atoms with E-state index in [0.29, 0.717) is 35.5 Å². The van der Waals surface area contributed by atoms with Gasteiger partial charge in [0.25, 0.3) is 5.91 Å². The van der Waals surface area contributed by atoms with Gasteiger partial charge in [-0.15, -0.1) is 0 Å². The molecular weight excluding hydrogens is 316 g/mol. The number of nitriles is 2. The fourth-order valence-electron chi connectivity index (χ4n) is 2.96. The number of amides is 1. The van der Waals surface area contributed by atoms with Gasteiger partial charge in [-0.05, 0) is 38.0 Å². The van der Waals surface area contributed by atoms with Crippen molar-refractivity contribution in [2.24, 2.45) is 10.9 Å². The SMILES string of the molecule is CC1=NC(C)=C(C#N)C(c2cccc(C(=O)NCCCO)c2)C1C#N. The van der Waals surface area contributed by atoms with Gasteiger partial charge in [-0.2, -0.15) is 10.5 Å². The number of aliphatic imine (C=N–C) groups is 1. The standard InChI is InChI=1S/C19H20N4O2/c1-12-16(10-20)18(17(11-21)13(2)23-12)14-5-3-6-15(9-14)19(25)22-7-4-8-24/h3,5-6,9,16,18,24H,4,7-8H2,1-2H3,(H,22,25). The highest BCUT2D eigenvalue weighted by atomic mass is 16.3. The van der Waals surface area contributed by atoms with E-state index >= 15 is 0 Å². The second-order valence-electron chi connectivity index (χ2n) is 5.91. The van der Waals surface area contributed by atoms with Crippen LogP contribution in [-0.4, -0.2) is 29.9 Å². The Morgan fingerprint density at radius 1 is 1.36 bits per heavy atom. The molecule has 0 fully saturated rings. The smallest absolute Gasteiger partial charge is 0.251 e. The Kier molecular flexibility index (Phi) is 6.05. The van der Waals surface area contributed by atoms with Gasteiger partial charge in [0.15, 0.2) is 0 Å². The highest BCUT2D eigenvalue weighted by Crippen LogP contribution is 2.38. The van der Waals surface area contributed by atoms with Gasteiger partial charge in [0.1, 0.15) is 0 Å². The number of carbonyl (C=O) groups is 1. The van der Waals surface area contributed by atoms with Crippen molar-refractivity contribution in [3.05, 3.63) is 46.7 Å². The van der Waals surface area contributed by atoms with Crippen molar-refractivity contribution in [2.45, 2.75) is 26.2 Å². The topological polar surface area (TPSA) is 109 Å². The number of carbonyl (C=O) groups excluding carboxylic acids is 1. The van der Waals surface area contributed by atoms with Crippen LogP contribution in [0.5, 0.6) is 0 Å². The van der Waals surface area contributed by atoms with E-state index in [0.717, 1.165) is 5.56 Å². The molecule has 2 N–H and O–H groups in total. The fourth-order valence-corrected chi connectivity index (χ4v) is 2.96. The largest absolute Gasteiger partial charge is 0.396 e. The summed E-state index contributed by atoms with van der Waals surface area (Å²) < 4.78 is 0. The first kappa shape index (κ1) is 18.4. The predicted octanol–water partition coefficient (Wildman–Crippen LogP) is 2.29. The molecule has 1 aliphatic rings. The normalized spacial score (nSPS) is 19.6. The summed E-state index contributed by atoms with van der Waals surface area (Å²) >= 11 is 0. The molecule has 2 unspecified atom stereocenters. The van der Waals surface area contributed by atoms with Crippen molar-refractivity contribution < 1.29 is 9.90 Å². The molecule has 1 aromatic rings. The van der Waals surface area contributed by atoms with E-state index in [9.17, 15) is 15.3 Å². The first-order valence-electron chi connectivity index (χ1n) is 8.08. The first-order chi connectivity index (χ1) is 12.0. The summed E-state index contributed by atoms with van der Waals surface area (Å²) in [4.78, 5) is 16.5. The summed E-state index contributed by atoms with van der Waals surface area (Å²) in [7, 11) is 0. The molecule has 0 bridgehead atoms. The van der Waals surface area contributed by atoms with Gasteiger partial charge >= 0.3 is 0 Å². The van der Waals surface area contributed by atoms with Crippen LogP contribution in [0.2, 0.25) is 0 Å². The van der Waals surface area contributed by atoms with Gasteiger partial charge in [0, 0.05) is 30.3 Å². The summed E-state index contributed by atoms with van der Waals surface area (Å²) in [5.41, 5.74) is 2.93. The van der Waals surface area contributed by atoms with E-state index in [1.54, 1.807) is 32.0 Å². The van der Waals surface area contributed by atoms with Crippen LogP contribution in [0.1, 0.15) is 42.1 Å². The second-order valence-corrected chi connectivity index (χ2v) is 5.91. The first-order valence-corrected chi connectivity index (χ1v) is 8.08. The molecule has 2 rings (SSSR count). The summed E-state index contributed by atoms with van der Waals surface area (Å²) in [6.45, 7) is 3.94. The van der Waals surface area contributed by atoms with Gasteiger partial charge in [-0.1, -0.05) is 12.1 Å². The number of benzene rings is 1. The van der Waals surface area contributed by atoms with Crippen molar-refractivity contribution in [1.29, 1.82) is 10.5 Å². The Hall–Kier alpha value is -2.96. The highest BCUT2D eigenvalue weighted by Gasteiger charge is 2.34. The van der Waals surface area contributed by atoms with Crippen LogP contribution in [0.3, 0.4) is 0 Å². The molecule has 0 saturated heterocycles. The van der Waals surface area contributed by atoms with Crippen LogP contribution < -0.4 is 5.32 Å². The van der Waals surface area contributed by atoms with Crippen molar-refractivity contribution in [3.63, 3.8) is 0 Å². The molecule has 0 aliphatic carbocycles. The zero-order chi connectivity index (χ0) is 18.4. The maximum atomic E-state index is 12.2. The minimum absolute atomic E-state index is 0.0143. The summed E-state index contributed by atoms with van der Waals surface area (Å²) in [5.74, 6) is -1.21. The molecule has 1 aliphatic heterocycles. The van der Waals surface area contributed by atoms with Crippen LogP contribution in [0.25, 0.3) is 0 Å². The number of nitrogens with one attached hydrogen (secondary N) is 1. The molecular formula is C19H20N4O2. The maximum Gasteiger partial charge on any atom is 0.251 e. The molecule has 128 valence electrons. The molecule has 1 amide bonds. The molecule has 1 aromatic carbocycles. The van der Waals surface area contributed by atoms with Crippen molar-refractivity contribution in [1.82, 2.24) is 5.32 Å². The number of aliphatic hydroxyl groups is 1. The highest BCUT2D eigenvalue weighted by molar-refractivity contribution is 5.95. The van der Waals surface area contributed by atoms with E-state index in [1.165, 1.54) is 0 Å². The lowest BCUT2D eigenvalue weighted by Gasteiger charge is -2.27. The van der Waals surface area contributed by atoms with Crippen molar-refractivity contribution in [3.8, 4) is 12.1 Å². The zero-order valence-corrected chi connectivity index (χ0v) is 14.3. The lowest BCUT2D eigenvalue weighted by Crippen LogP contribution is -2.27. The number of hydrogen-bond donors (Lipinski definition) is 2. The minimum Gasteiger partial charge on any atom is -0.396 e. The Labute approximate surface area is 147 Å². The fraction of sp³-hybridized carbons (Fsp3) is 0.368. The lowest BCUT2D eigenvalue weighted by atomic mass is 9.76. The molecule has 0 radical (unpaired) electrons. The van der Waals surface area contributed by atoms with Crippen LogP contribution >= 0.6 is 0 Å². The predicted molar refractivity (Wildman–Crippen MR) is 93.7 cm³/mol. The Morgan fingerprint density at radius 3 is 2.76 bits per heavy atom. The molecule has 0 aromatic heterocycles. The molecule has 25 heavy (non-hydrogen) atoms. The number of rotatable bonds is 5. The molecule has 6 heteroatoms. The number of nitrogens with zero attached hydrogens (tertiary/aromatic N) is 3. The van der Waals surface area contributed by atoms with Gasteiger partial charge in [-0.3, -0.25) is 9.79 Å². The Bertz CT molecular complexity index is 811. The molecule has 6 nitrogen and oxygen atoms in total. The van der Waals surface area contributed by atoms with Gasteiger partial charge < -0.3 is 10.4 Å². The average molecular weight is 336 g/mol. The maximum absolute atomic E-state index is 12.2. The second kappa shape index (κ2) is 8.23. The van der Waals surface area contributed by atoms with Gasteiger partial charge in [0.05, 0.1) is 29.3 Å². The summed E-state index contributed by atoms with van der Waals surface area (Å²) in [6, 6.07) is 11.4. The van der Waals surface area contributed by atoms with Crippen LogP contribution in [0.4, 0.5) is 0 Å². The third-order valence-corrected chi connectivity index (χ3v) is 4.22. The van der Waals surface area contributed by atoms with Gasteiger partial charge in [-0.25, -0.2) is 0 Å². The Morgan fingerprint density at radius 2 is 2.12 bits per heavy atom. The zero-order valence-electron chi connectivity index (χ0n) is 14.3. The number of hydrogen-bond acceptors (Lipinski definition) is 5. The van der Waals surface area contributed by atoms with E-state index < -0.39 is 11.8 Å². The van der Waals surface area contributed by atoms with E-state index in [-0.39, 0.29) is 12.5 Å². The van der Waals surface area contributed by atoms with E-state index in [2.05, 4.69) is 22.4 Å². The molecule has 0 spiro atoms. The average Bonchev–Trinajstić information content (AvgIpc) is 2.61. The lowest BCUT2D eigenvalue weighted by molar-refractivity contribution is 0.0951. The number of allylic oxidation sites excluding steroid dienone is 2. The van der Waals surface area contributed by atoms with Crippen molar-refractivity contribution in [2.75, 3.05) is 13.2 Å². The van der Waals surface area contributed by atoms with Gasteiger partial charge in [0.2, 0.25) is 0 Å². The van der Waals surface area contributed by atoms with Crippen LogP contribution in [0, 0.1) is 28.6 Å². The summed E-state index contributed by atoms with van der Waals surface area (Å²) in [5, 5.41) is 30.6. The van der Waals surface area contributed by atoms with E-state index in [1.807, 2.05) is 6.07 Å². The minimum atomic E-state index is -0.536. The van der Waals surface area contributed by atoms with E-state index in [4.69, 9.17) is 5.11 Å². The van der Waals surface area contributed by atoms with Crippen molar-refractivity contribution >= 4 is 11.6 Å². The van der Waals surface area contributed by atoms with Crippen LogP contribution in [0.15, 0.2) is 40.5 Å². The molecule has 2 atom stereocenters. The van der Waals surface area contributed by atoms with Crippen LogP contribution in [-0.2, 0) is 0 Å². The monoisotopic (exact) mass is 336 g/mol.